The third-order valence-electron chi connectivity index (χ3n) is 2.51. The van der Waals surface area contributed by atoms with E-state index in [0.29, 0.717) is 12.8 Å². The highest BCUT2D eigenvalue weighted by Crippen LogP contribution is 2.22. The minimum atomic E-state index is -2.98. The van der Waals surface area contributed by atoms with Gasteiger partial charge in [0.1, 0.15) is 0 Å². The summed E-state index contributed by atoms with van der Waals surface area (Å²) in [6.07, 6.45) is 1.13. The second kappa shape index (κ2) is 4.49. The van der Waals surface area contributed by atoms with Gasteiger partial charge in [-0.05, 0) is 19.8 Å². The van der Waals surface area contributed by atoms with E-state index >= 15 is 0 Å². The number of carbonyl (C=O) groups is 1. The average molecular weight is 235 g/mol. The molecule has 1 aliphatic rings. The normalized spacial score (nSPS) is 28.9. The molecule has 1 amide bonds. The fourth-order valence-electron chi connectivity index (χ4n) is 1.75. The van der Waals surface area contributed by atoms with Gasteiger partial charge in [0.15, 0.2) is 9.84 Å². The maximum absolute atomic E-state index is 11.4. The Morgan fingerprint density at radius 2 is 2.20 bits per heavy atom. The van der Waals surface area contributed by atoms with E-state index < -0.39 is 15.4 Å². The van der Waals surface area contributed by atoms with Crippen molar-refractivity contribution in [2.75, 3.05) is 18.1 Å². The Kier molecular flexibility index (Phi) is 3.72. The first kappa shape index (κ1) is 12.4. The molecule has 0 radical (unpaired) electrons. The molecule has 15 heavy (non-hydrogen) atoms. The van der Waals surface area contributed by atoms with E-state index in [0.717, 1.165) is 0 Å². The van der Waals surface area contributed by atoms with E-state index in [-0.39, 0.29) is 30.4 Å². The Hall–Kier alpha value is -0.620. The topological polar surface area (TPSA) is 83.5 Å². The molecule has 2 N–H and O–H groups in total. The fourth-order valence-corrected chi connectivity index (χ4v) is 3.84. The van der Waals surface area contributed by atoms with Crippen LogP contribution in [0.2, 0.25) is 0 Å². The minimum absolute atomic E-state index is 0.0187. The lowest BCUT2D eigenvalue weighted by atomic mass is 10.0. The molecule has 1 atom stereocenters. The standard InChI is InChI=1S/C9H17NO4S/c1-9(4-6-15(13,14)7-9)10-8(12)3-2-5-11/h11H,2-7H2,1H3,(H,10,12). The van der Waals surface area contributed by atoms with Crippen LogP contribution in [0, 0.1) is 0 Å². The molecule has 1 aliphatic heterocycles. The monoisotopic (exact) mass is 235 g/mol. The van der Waals surface area contributed by atoms with Crippen LogP contribution in [0.5, 0.6) is 0 Å². The minimum Gasteiger partial charge on any atom is -0.396 e. The number of aliphatic hydroxyl groups excluding tert-OH is 1. The van der Waals surface area contributed by atoms with E-state index in [1.165, 1.54) is 0 Å². The second-order valence-electron chi connectivity index (χ2n) is 4.28. The number of carbonyl (C=O) groups excluding carboxylic acids is 1. The molecule has 0 spiro atoms. The zero-order chi connectivity index (χ0) is 11.5. The summed E-state index contributed by atoms with van der Waals surface area (Å²) in [4.78, 5) is 11.4. The van der Waals surface area contributed by atoms with Gasteiger partial charge < -0.3 is 10.4 Å². The predicted octanol–water partition coefficient (Wildman–Crippen LogP) is -0.548. The maximum atomic E-state index is 11.4. The Balaban J connectivity index is 2.48. The van der Waals surface area contributed by atoms with Crippen LogP contribution in [0.25, 0.3) is 0 Å². The number of nitrogens with one attached hydrogen (secondary N) is 1. The highest BCUT2D eigenvalue weighted by Gasteiger charge is 2.39. The predicted molar refractivity (Wildman–Crippen MR) is 56.1 cm³/mol. The Bertz CT molecular complexity index is 338. The molecular formula is C9H17NO4S. The van der Waals surface area contributed by atoms with E-state index in [1.54, 1.807) is 6.92 Å². The quantitative estimate of drug-likeness (QED) is 0.685. The molecule has 0 saturated carbocycles. The van der Waals surface area contributed by atoms with Gasteiger partial charge in [0, 0.05) is 13.0 Å². The lowest BCUT2D eigenvalue weighted by molar-refractivity contribution is -0.122. The highest BCUT2D eigenvalue weighted by molar-refractivity contribution is 7.91. The summed E-state index contributed by atoms with van der Waals surface area (Å²) in [6, 6.07) is 0. The van der Waals surface area contributed by atoms with Gasteiger partial charge in [-0.3, -0.25) is 4.79 Å². The largest absolute Gasteiger partial charge is 0.396 e. The maximum Gasteiger partial charge on any atom is 0.220 e. The Morgan fingerprint density at radius 1 is 1.53 bits per heavy atom. The molecule has 0 aromatic heterocycles. The van der Waals surface area contributed by atoms with E-state index in [4.69, 9.17) is 5.11 Å². The number of sulfone groups is 1. The van der Waals surface area contributed by atoms with Crippen molar-refractivity contribution < 1.29 is 18.3 Å². The van der Waals surface area contributed by atoms with Gasteiger partial charge in [-0.1, -0.05) is 0 Å². The number of aliphatic hydroxyl groups is 1. The highest BCUT2D eigenvalue weighted by atomic mass is 32.2. The molecule has 1 rings (SSSR count). The summed E-state index contributed by atoms with van der Waals surface area (Å²) < 4.78 is 22.5. The first-order chi connectivity index (χ1) is 6.87. The fraction of sp³-hybridized carbons (Fsp3) is 0.889. The average Bonchev–Trinajstić information content (AvgIpc) is 2.37. The third kappa shape index (κ3) is 3.79. The Morgan fingerprint density at radius 3 is 2.67 bits per heavy atom. The van der Waals surface area contributed by atoms with Gasteiger partial charge in [0.05, 0.1) is 17.0 Å². The molecule has 0 aromatic rings. The molecule has 1 fully saturated rings. The molecular weight excluding hydrogens is 218 g/mol. The number of amides is 1. The van der Waals surface area contributed by atoms with Crippen LogP contribution < -0.4 is 5.32 Å². The summed E-state index contributed by atoms with van der Waals surface area (Å²) in [5.41, 5.74) is -0.620. The van der Waals surface area contributed by atoms with E-state index in [1.807, 2.05) is 0 Å². The summed E-state index contributed by atoms with van der Waals surface area (Å²) in [7, 11) is -2.98. The van der Waals surface area contributed by atoms with Gasteiger partial charge in [-0.25, -0.2) is 8.42 Å². The SMILES string of the molecule is CC1(NC(=O)CCCO)CCS(=O)(=O)C1. The second-order valence-corrected chi connectivity index (χ2v) is 6.46. The van der Waals surface area contributed by atoms with Crippen LogP contribution in [0.3, 0.4) is 0 Å². The van der Waals surface area contributed by atoms with Crippen molar-refractivity contribution in [3.8, 4) is 0 Å². The molecule has 1 heterocycles. The van der Waals surface area contributed by atoms with Crippen molar-refractivity contribution in [2.45, 2.75) is 31.7 Å². The summed E-state index contributed by atoms with van der Waals surface area (Å²) in [5, 5.41) is 11.3. The molecule has 0 aromatic carbocycles. The van der Waals surface area contributed by atoms with Gasteiger partial charge >= 0.3 is 0 Å². The van der Waals surface area contributed by atoms with Crippen LogP contribution in [-0.4, -0.2) is 43.1 Å². The number of rotatable bonds is 4. The first-order valence-corrected chi connectivity index (χ1v) is 6.81. The first-order valence-electron chi connectivity index (χ1n) is 4.99. The van der Waals surface area contributed by atoms with Crippen molar-refractivity contribution in [3.63, 3.8) is 0 Å². The number of hydrogen-bond donors (Lipinski definition) is 2. The van der Waals surface area contributed by atoms with Crippen LogP contribution in [0.15, 0.2) is 0 Å². The van der Waals surface area contributed by atoms with Crippen molar-refractivity contribution in [1.29, 1.82) is 0 Å². The van der Waals surface area contributed by atoms with E-state index in [2.05, 4.69) is 5.32 Å². The van der Waals surface area contributed by atoms with Gasteiger partial charge in [-0.2, -0.15) is 0 Å². The van der Waals surface area contributed by atoms with Gasteiger partial charge in [0.2, 0.25) is 5.91 Å². The summed E-state index contributed by atoms with van der Waals surface area (Å²) in [6.45, 7) is 1.72. The Labute approximate surface area is 89.8 Å². The van der Waals surface area contributed by atoms with Crippen LogP contribution in [-0.2, 0) is 14.6 Å². The van der Waals surface area contributed by atoms with Crippen molar-refractivity contribution in [3.05, 3.63) is 0 Å². The van der Waals surface area contributed by atoms with Crippen LogP contribution in [0.4, 0.5) is 0 Å². The lowest BCUT2D eigenvalue weighted by Gasteiger charge is -2.23. The summed E-state index contributed by atoms with van der Waals surface area (Å²) >= 11 is 0. The van der Waals surface area contributed by atoms with Gasteiger partial charge in [0.25, 0.3) is 0 Å². The van der Waals surface area contributed by atoms with E-state index in [9.17, 15) is 13.2 Å². The number of hydrogen-bond acceptors (Lipinski definition) is 4. The molecule has 88 valence electrons. The van der Waals surface area contributed by atoms with Crippen LogP contribution in [0.1, 0.15) is 26.2 Å². The zero-order valence-electron chi connectivity index (χ0n) is 8.82. The van der Waals surface area contributed by atoms with Crippen molar-refractivity contribution in [2.24, 2.45) is 0 Å². The summed E-state index contributed by atoms with van der Waals surface area (Å²) in [5.74, 6) is -0.0297. The molecule has 0 bridgehead atoms. The van der Waals surface area contributed by atoms with Crippen LogP contribution >= 0.6 is 0 Å². The lowest BCUT2D eigenvalue weighted by Crippen LogP contribution is -2.46. The van der Waals surface area contributed by atoms with Crippen molar-refractivity contribution in [1.82, 2.24) is 5.32 Å². The smallest absolute Gasteiger partial charge is 0.220 e. The molecule has 5 nitrogen and oxygen atoms in total. The van der Waals surface area contributed by atoms with Crippen molar-refractivity contribution >= 4 is 15.7 Å². The zero-order valence-corrected chi connectivity index (χ0v) is 9.64. The molecule has 0 aliphatic carbocycles. The third-order valence-corrected chi connectivity index (χ3v) is 4.41. The van der Waals surface area contributed by atoms with Gasteiger partial charge in [-0.15, -0.1) is 0 Å². The molecule has 1 saturated heterocycles. The molecule has 6 heteroatoms. The molecule has 1 unspecified atom stereocenters.